The normalized spacial score (nSPS) is 15.4. The molecule has 0 unspecified atom stereocenters. The maximum atomic E-state index is 12.3. The fourth-order valence-corrected chi connectivity index (χ4v) is 2.95. The van der Waals surface area contributed by atoms with Crippen LogP contribution in [0.5, 0.6) is 0 Å². The van der Waals surface area contributed by atoms with Gasteiger partial charge in [0.15, 0.2) is 5.13 Å². The number of nitrogens with two attached hydrogens (primary N) is 1. The summed E-state index contributed by atoms with van der Waals surface area (Å²) in [6, 6.07) is 0. The number of nitrogen functional groups attached to an aromatic ring is 1. The van der Waals surface area contributed by atoms with Crippen LogP contribution in [0.4, 0.5) is 10.9 Å². The van der Waals surface area contributed by atoms with E-state index in [1.807, 2.05) is 7.05 Å². The van der Waals surface area contributed by atoms with Crippen molar-refractivity contribution in [3.05, 3.63) is 4.88 Å². The quantitative estimate of drug-likeness (QED) is 0.787. The van der Waals surface area contributed by atoms with Crippen LogP contribution in [0.1, 0.15) is 9.67 Å². The van der Waals surface area contributed by atoms with Crippen molar-refractivity contribution in [1.82, 2.24) is 15.2 Å². The first-order valence-corrected chi connectivity index (χ1v) is 7.44. The molecule has 0 radical (unpaired) electrons. The smallest absolute Gasteiger partial charge is 0.267 e. The molecule has 1 aliphatic rings. The molecule has 3 N–H and O–H groups in total. The predicted molar refractivity (Wildman–Crippen MR) is 80.4 cm³/mol. The average molecular weight is 299 g/mol. The van der Waals surface area contributed by atoms with E-state index in [0.717, 1.165) is 24.8 Å². The number of likely N-dealkylation sites (N-methyl/N-ethyl adjacent to an activating group) is 2. The van der Waals surface area contributed by atoms with Crippen molar-refractivity contribution < 1.29 is 9.53 Å². The second-order valence-electron chi connectivity index (χ2n) is 4.64. The number of amides is 1. The molecule has 1 aromatic heterocycles. The number of ether oxygens (including phenoxy) is 1. The highest BCUT2D eigenvalue weighted by Gasteiger charge is 2.22. The van der Waals surface area contributed by atoms with Gasteiger partial charge in [-0.25, -0.2) is 4.98 Å². The van der Waals surface area contributed by atoms with Crippen LogP contribution >= 0.6 is 11.3 Å². The van der Waals surface area contributed by atoms with Crippen molar-refractivity contribution in [1.29, 1.82) is 0 Å². The minimum atomic E-state index is -0.0743. The summed E-state index contributed by atoms with van der Waals surface area (Å²) in [5, 5.41) is 3.82. The number of carbonyl (C=O) groups is 1. The van der Waals surface area contributed by atoms with E-state index in [9.17, 15) is 4.79 Å². The average Bonchev–Trinajstić information content (AvgIpc) is 2.87. The zero-order chi connectivity index (χ0) is 14.5. The topological polar surface area (TPSA) is 83.7 Å². The van der Waals surface area contributed by atoms with E-state index in [2.05, 4.69) is 15.2 Å². The van der Waals surface area contributed by atoms with Crippen molar-refractivity contribution >= 4 is 28.2 Å². The number of hydrogen-bond acceptors (Lipinski definition) is 7. The number of aromatic nitrogens is 1. The van der Waals surface area contributed by atoms with E-state index in [4.69, 9.17) is 10.5 Å². The third kappa shape index (κ3) is 3.38. The molecular weight excluding hydrogens is 278 g/mol. The third-order valence-corrected chi connectivity index (χ3v) is 4.28. The van der Waals surface area contributed by atoms with Crippen LogP contribution in [-0.4, -0.2) is 69.3 Å². The van der Waals surface area contributed by atoms with Gasteiger partial charge in [-0.15, -0.1) is 0 Å². The predicted octanol–water partition coefficient (Wildman–Crippen LogP) is -0.147. The Hall–Kier alpha value is -1.38. The van der Waals surface area contributed by atoms with Crippen LogP contribution in [0, 0.1) is 0 Å². The highest BCUT2D eigenvalue weighted by molar-refractivity contribution is 7.18. The summed E-state index contributed by atoms with van der Waals surface area (Å²) in [6.07, 6.45) is 0. The molecule has 1 fully saturated rings. The molecular formula is C12H21N5O2S. The van der Waals surface area contributed by atoms with Gasteiger partial charge in [0.05, 0.1) is 13.2 Å². The molecule has 0 atom stereocenters. The first-order valence-electron chi connectivity index (χ1n) is 6.62. The summed E-state index contributed by atoms with van der Waals surface area (Å²) in [5.74, 6) is 0.243. The van der Waals surface area contributed by atoms with Gasteiger partial charge in [0.2, 0.25) is 0 Å². The minimum absolute atomic E-state index is 0.0743. The van der Waals surface area contributed by atoms with Crippen LogP contribution in [0.15, 0.2) is 0 Å². The van der Waals surface area contributed by atoms with Crippen molar-refractivity contribution in [3.8, 4) is 0 Å². The van der Waals surface area contributed by atoms with Crippen LogP contribution < -0.4 is 16.0 Å². The first-order chi connectivity index (χ1) is 9.63. The van der Waals surface area contributed by atoms with E-state index in [0.29, 0.717) is 30.5 Å². The lowest BCUT2D eigenvalue weighted by molar-refractivity contribution is 0.0802. The van der Waals surface area contributed by atoms with Gasteiger partial charge < -0.3 is 25.6 Å². The minimum Gasteiger partial charge on any atom is -0.382 e. The van der Waals surface area contributed by atoms with Crippen molar-refractivity contribution in [2.45, 2.75) is 0 Å². The second kappa shape index (κ2) is 6.87. The molecule has 0 aliphatic carbocycles. The molecule has 2 rings (SSSR count). The molecule has 1 saturated heterocycles. The second-order valence-corrected chi connectivity index (χ2v) is 5.62. The Labute approximate surface area is 122 Å². The fourth-order valence-electron chi connectivity index (χ4n) is 1.92. The van der Waals surface area contributed by atoms with Gasteiger partial charge in [-0.05, 0) is 7.05 Å². The fraction of sp³-hybridized carbons (Fsp3) is 0.667. The summed E-state index contributed by atoms with van der Waals surface area (Å²) in [4.78, 5) is 20.9. The highest BCUT2D eigenvalue weighted by Crippen LogP contribution is 2.29. The number of carbonyl (C=O) groups excluding carboxylic acids is 1. The molecule has 7 nitrogen and oxygen atoms in total. The summed E-state index contributed by atoms with van der Waals surface area (Å²) in [7, 11) is 3.63. The molecule has 1 amide bonds. The van der Waals surface area contributed by atoms with Gasteiger partial charge in [-0.1, -0.05) is 11.3 Å². The van der Waals surface area contributed by atoms with Crippen LogP contribution in [0.2, 0.25) is 0 Å². The number of anilines is 2. The molecule has 1 aliphatic heterocycles. The standard InChI is InChI=1S/C12H21N5O2S/c1-14-3-4-16(2)11(18)9-10(13)15-12(20-9)17-5-7-19-8-6-17/h14H,3-8,13H2,1-2H3. The van der Waals surface area contributed by atoms with Gasteiger partial charge in [-0.3, -0.25) is 4.79 Å². The van der Waals surface area contributed by atoms with E-state index in [1.54, 1.807) is 11.9 Å². The molecule has 20 heavy (non-hydrogen) atoms. The van der Waals surface area contributed by atoms with Gasteiger partial charge in [-0.2, -0.15) is 0 Å². The lowest BCUT2D eigenvalue weighted by atomic mass is 10.4. The van der Waals surface area contributed by atoms with E-state index in [-0.39, 0.29) is 5.91 Å². The van der Waals surface area contributed by atoms with Crippen molar-refractivity contribution in [2.75, 3.05) is 64.1 Å². The summed E-state index contributed by atoms with van der Waals surface area (Å²) in [5.41, 5.74) is 5.89. The number of rotatable bonds is 5. The third-order valence-electron chi connectivity index (χ3n) is 3.16. The van der Waals surface area contributed by atoms with Crippen molar-refractivity contribution in [3.63, 3.8) is 0 Å². The molecule has 1 aromatic rings. The maximum absolute atomic E-state index is 12.3. The molecule has 0 aromatic carbocycles. The largest absolute Gasteiger partial charge is 0.382 e. The Morgan fingerprint density at radius 1 is 1.55 bits per heavy atom. The molecule has 0 saturated carbocycles. The summed E-state index contributed by atoms with van der Waals surface area (Å²) in [6.45, 7) is 4.33. The summed E-state index contributed by atoms with van der Waals surface area (Å²) >= 11 is 1.36. The van der Waals surface area contributed by atoms with Crippen LogP contribution in [-0.2, 0) is 4.74 Å². The van der Waals surface area contributed by atoms with Gasteiger partial charge in [0, 0.05) is 33.2 Å². The molecule has 0 spiro atoms. The number of nitrogens with one attached hydrogen (secondary N) is 1. The van der Waals surface area contributed by atoms with Gasteiger partial charge in [0.25, 0.3) is 5.91 Å². The zero-order valence-electron chi connectivity index (χ0n) is 11.9. The Balaban J connectivity index is 2.08. The lowest BCUT2D eigenvalue weighted by Crippen LogP contribution is -2.36. The lowest BCUT2D eigenvalue weighted by Gasteiger charge is -2.25. The molecule has 112 valence electrons. The SMILES string of the molecule is CNCCN(C)C(=O)c1sc(N2CCOCC2)nc1N. The first kappa shape index (κ1) is 15.0. The van der Waals surface area contributed by atoms with E-state index < -0.39 is 0 Å². The number of hydrogen-bond donors (Lipinski definition) is 2. The molecule has 8 heteroatoms. The Morgan fingerprint density at radius 3 is 2.90 bits per heavy atom. The van der Waals surface area contributed by atoms with Crippen LogP contribution in [0.3, 0.4) is 0 Å². The molecule has 2 heterocycles. The highest BCUT2D eigenvalue weighted by atomic mass is 32.1. The number of morpholine rings is 1. The molecule has 0 bridgehead atoms. The Morgan fingerprint density at radius 2 is 2.25 bits per heavy atom. The van der Waals surface area contributed by atoms with E-state index in [1.165, 1.54) is 11.3 Å². The van der Waals surface area contributed by atoms with Crippen molar-refractivity contribution in [2.24, 2.45) is 0 Å². The van der Waals surface area contributed by atoms with Gasteiger partial charge >= 0.3 is 0 Å². The number of nitrogens with zero attached hydrogens (tertiary/aromatic N) is 3. The Bertz CT molecular complexity index is 459. The summed E-state index contributed by atoms with van der Waals surface area (Å²) < 4.78 is 5.31. The maximum Gasteiger partial charge on any atom is 0.267 e. The van der Waals surface area contributed by atoms with Crippen LogP contribution in [0.25, 0.3) is 0 Å². The van der Waals surface area contributed by atoms with E-state index >= 15 is 0 Å². The Kier molecular flexibility index (Phi) is 5.16. The zero-order valence-corrected chi connectivity index (χ0v) is 12.7. The number of thiazole rings is 1. The monoisotopic (exact) mass is 299 g/mol. The van der Waals surface area contributed by atoms with Gasteiger partial charge in [0.1, 0.15) is 10.7 Å².